The molecule has 0 fully saturated rings. The van der Waals surface area contributed by atoms with Crippen molar-refractivity contribution in [2.24, 2.45) is 11.7 Å². The van der Waals surface area contributed by atoms with Crippen molar-refractivity contribution in [1.82, 2.24) is 4.98 Å². The standard InChI is InChI=1S/C30H29N3O5S/c1-3-37-29(35)24-20(22-13-9-15-39-22)16-21-25(27(24)34)23(18-10-8-14-32-17-18)26(30(36)38-4-2)28(31)33(21)19-11-6-5-7-12-19/h5-15,17,20,23-24H,3-4,16,31H2,1-2H3/t20-,23-,24-/m1/s1. The maximum atomic E-state index is 14.6. The summed E-state index contributed by atoms with van der Waals surface area (Å²) in [6.45, 7) is 3.71. The first-order valence-electron chi connectivity index (χ1n) is 12.9. The summed E-state index contributed by atoms with van der Waals surface area (Å²) in [7, 11) is 0. The SMILES string of the molecule is CCOC(=O)C1=C(N)N(c2ccccc2)C2=C(C(=O)[C@H](C(=O)OCC)[C@@H](c3cccs3)C2)[C@H]1c1cccnc1. The zero-order chi connectivity index (χ0) is 27.5. The fourth-order valence-electron chi connectivity index (χ4n) is 5.46. The largest absolute Gasteiger partial charge is 0.465 e. The van der Waals surface area contributed by atoms with Gasteiger partial charge in [0.25, 0.3) is 0 Å². The van der Waals surface area contributed by atoms with Crippen molar-refractivity contribution >= 4 is 34.7 Å². The molecular formula is C30H29N3O5S. The van der Waals surface area contributed by atoms with Crippen molar-refractivity contribution in [2.75, 3.05) is 18.1 Å². The summed E-state index contributed by atoms with van der Waals surface area (Å²) in [5.74, 6) is -3.80. The number of hydrogen-bond acceptors (Lipinski definition) is 9. The molecule has 3 atom stereocenters. The van der Waals surface area contributed by atoms with Gasteiger partial charge in [-0.1, -0.05) is 30.3 Å². The highest BCUT2D eigenvalue weighted by Crippen LogP contribution is 2.51. The lowest BCUT2D eigenvalue weighted by molar-refractivity contribution is -0.152. The van der Waals surface area contributed by atoms with Crippen molar-refractivity contribution in [3.05, 3.63) is 105 Å². The molecule has 1 aliphatic heterocycles. The molecule has 0 unspecified atom stereocenters. The quantitative estimate of drug-likeness (QED) is 0.338. The molecular weight excluding hydrogens is 514 g/mol. The van der Waals surface area contributed by atoms with E-state index in [1.54, 1.807) is 43.3 Å². The van der Waals surface area contributed by atoms with Crippen LogP contribution >= 0.6 is 11.3 Å². The molecule has 2 aromatic heterocycles. The maximum absolute atomic E-state index is 14.6. The molecule has 0 radical (unpaired) electrons. The molecule has 0 saturated carbocycles. The van der Waals surface area contributed by atoms with Crippen LogP contribution in [0, 0.1) is 5.92 Å². The number of carbonyl (C=O) groups is 3. The molecule has 0 bridgehead atoms. The van der Waals surface area contributed by atoms with E-state index >= 15 is 0 Å². The van der Waals surface area contributed by atoms with Gasteiger partial charge >= 0.3 is 11.9 Å². The van der Waals surface area contributed by atoms with Gasteiger partial charge < -0.3 is 15.2 Å². The van der Waals surface area contributed by atoms with Gasteiger partial charge in [-0.25, -0.2) is 4.79 Å². The van der Waals surface area contributed by atoms with E-state index in [-0.39, 0.29) is 24.6 Å². The summed E-state index contributed by atoms with van der Waals surface area (Å²) in [4.78, 5) is 48.3. The summed E-state index contributed by atoms with van der Waals surface area (Å²) in [6.07, 6.45) is 3.57. The molecule has 39 heavy (non-hydrogen) atoms. The molecule has 8 nitrogen and oxygen atoms in total. The number of benzene rings is 1. The number of pyridine rings is 1. The van der Waals surface area contributed by atoms with E-state index in [0.29, 0.717) is 28.9 Å². The van der Waals surface area contributed by atoms with E-state index in [4.69, 9.17) is 15.2 Å². The predicted octanol–water partition coefficient (Wildman–Crippen LogP) is 4.67. The molecule has 0 saturated heterocycles. The third-order valence-corrected chi connectivity index (χ3v) is 8.02. The Hall–Kier alpha value is -4.24. The highest BCUT2D eigenvalue weighted by molar-refractivity contribution is 7.10. The van der Waals surface area contributed by atoms with Crippen molar-refractivity contribution < 1.29 is 23.9 Å². The summed E-state index contributed by atoms with van der Waals surface area (Å²) in [6, 6.07) is 16.7. The van der Waals surface area contributed by atoms with E-state index in [1.807, 2.05) is 47.8 Å². The Bertz CT molecular complexity index is 1430. The number of thiophene rings is 1. The van der Waals surface area contributed by atoms with E-state index in [0.717, 1.165) is 4.88 Å². The second-order valence-corrected chi connectivity index (χ2v) is 10.2. The van der Waals surface area contributed by atoms with Crippen LogP contribution in [0.25, 0.3) is 0 Å². The number of ether oxygens (including phenoxy) is 2. The first kappa shape index (κ1) is 26.4. The third-order valence-electron chi connectivity index (χ3n) is 7.02. The van der Waals surface area contributed by atoms with Gasteiger partial charge in [0, 0.05) is 40.1 Å². The van der Waals surface area contributed by atoms with Gasteiger partial charge in [-0.2, -0.15) is 0 Å². The topological polar surface area (TPSA) is 112 Å². The van der Waals surface area contributed by atoms with E-state index in [2.05, 4.69) is 4.98 Å². The Morgan fingerprint density at radius 2 is 1.82 bits per heavy atom. The molecule has 1 aliphatic carbocycles. The van der Waals surface area contributed by atoms with Gasteiger partial charge in [-0.05, 0) is 55.5 Å². The van der Waals surface area contributed by atoms with Crippen molar-refractivity contribution in [3.8, 4) is 0 Å². The maximum Gasteiger partial charge on any atom is 0.338 e. The molecule has 0 spiro atoms. The summed E-state index contributed by atoms with van der Waals surface area (Å²) < 4.78 is 10.9. The van der Waals surface area contributed by atoms with Crippen molar-refractivity contribution in [3.63, 3.8) is 0 Å². The Morgan fingerprint density at radius 3 is 2.46 bits per heavy atom. The lowest BCUT2D eigenvalue weighted by Crippen LogP contribution is -2.46. The minimum Gasteiger partial charge on any atom is -0.465 e. The minimum absolute atomic E-state index is 0.131. The highest BCUT2D eigenvalue weighted by Gasteiger charge is 2.51. The van der Waals surface area contributed by atoms with Crippen LogP contribution in [0.2, 0.25) is 0 Å². The number of allylic oxidation sites excluding steroid dienone is 2. The van der Waals surface area contributed by atoms with Gasteiger partial charge in [-0.15, -0.1) is 11.3 Å². The lowest BCUT2D eigenvalue weighted by atomic mass is 9.68. The second kappa shape index (κ2) is 11.2. The van der Waals surface area contributed by atoms with E-state index in [1.165, 1.54) is 11.3 Å². The number of esters is 2. The predicted molar refractivity (Wildman–Crippen MR) is 148 cm³/mol. The minimum atomic E-state index is -1.07. The van der Waals surface area contributed by atoms with Crippen LogP contribution in [0.1, 0.15) is 42.5 Å². The molecule has 3 aromatic rings. The first-order valence-corrected chi connectivity index (χ1v) is 13.7. The lowest BCUT2D eigenvalue weighted by Gasteiger charge is -2.43. The fraction of sp³-hybridized carbons (Fsp3) is 0.267. The molecule has 200 valence electrons. The van der Waals surface area contributed by atoms with Crippen LogP contribution < -0.4 is 10.6 Å². The number of para-hydroxylation sites is 1. The van der Waals surface area contributed by atoms with Crippen LogP contribution in [0.4, 0.5) is 5.69 Å². The number of rotatable bonds is 7. The molecule has 2 aliphatic rings. The second-order valence-electron chi connectivity index (χ2n) is 9.19. The summed E-state index contributed by atoms with van der Waals surface area (Å²) >= 11 is 1.49. The highest BCUT2D eigenvalue weighted by atomic mass is 32.1. The van der Waals surface area contributed by atoms with Crippen LogP contribution in [0.3, 0.4) is 0 Å². The normalized spacial score (nSPS) is 21.0. The van der Waals surface area contributed by atoms with Crippen LogP contribution in [0.5, 0.6) is 0 Å². The summed E-state index contributed by atoms with van der Waals surface area (Å²) in [5.41, 5.74) is 9.23. The van der Waals surface area contributed by atoms with Gasteiger partial charge in [0.1, 0.15) is 11.7 Å². The monoisotopic (exact) mass is 543 g/mol. The zero-order valence-corrected chi connectivity index (χ0v) is 22.5. The number of nitrogens with two attached hydrogens (primary N) is 1. The first-order chi connectivity index (χ1) is 19.0. The molecule has 2 N–H and O–H groups in total. The average Bonchev–Trinajstić information content (AvgIpc) is 3.48. The Morgan fingerprint density at radius 1 is 1.05 bits per heavy atom. The fourth-order valence-corrected chi connectivity index (χ4v) is 6.33. The number of ketones is 1. The number of carbonyl (C=O) groups excluding carboxylic acids is 3. The number of nitrogens with zero attached hydrogens (tertiary/aromatic N) is 2. The number of hydrogen-bond donors (Lipinski definition) is 1. The van der Waals surface area contributed by atoms with Gasteiger partial charge in [0.05, 0.1) is 24.7 Å². The third kappa shape index (κ3) is 4.74. The Balaban J connectivity index is 1.80. The summed E-state index contributed by atoms with van der Waals surface area (Å²) in [5, 5.41) is 1.92. The average molecular weight is 544 g/mol. The Kier molecular flexibility index (Phi) is 7.60. The molecule has 3 heterocycles. The molecule has 9 heteroatoms. The van der Waals surface area contributed by atoms with Gasteiger partial charge in [0.15, 0.2) is 5.78 Å². The van der Waals surface area contributed by atoms with E-state index in [9.17, 15) is 14.4 Å². The van der Waals surface area contributed by atoms with Crippen molar-refractivity contribution in [1.29, 1.82) is 0 Å². The van der Waals surface area contributed by atoms with Gasteiger partial charge in [0.2, 0.25) is 0 Å². The smallest absolute Gasteiger partial charge is 0.338 e. The number of Topliss-reactive ketones (excluding diaryl/α,β-unsaturated/α-hetero) is 1. The molecule has 1 aromatic carbocycles. The van der Waals surface area contributed by atoms with Crippen LogP contribution in [-0.2, 0) is 23.9 Å². The Labute approximate surface area is 230 Å². The number of anilines is 1. The van der Waals surface area contributed by atoms with E-state index < -0.39 is 35.5 Å². The van der Waals surface area contributed by atoms with Crippen LogP contribution in [0.15, 0.2) is 95.0 Å². The number of aromatic nitrogens is 1. The molecule has 0 amide bonds. The van der Waals surface area contributed by atoms with Gasteiger partial charge in [-0.3, -0.25) is 19.5 Å². The van der Waals surface area contributed by atoms with Crippen molar-refractivity contribution in [2.45, 2.75) is 32.1 Å². The zero-order valence-electron chi connectivity index (χ0n) is 21.7. The van der Waals surface area contributed by atoms with Crippen LogP contribution in [-0.4, -0.2) is 35.9 Å². The molecule has 5 rings (SSSR count).